The molecule has 2 heterocycles. The van der Waals surface area contributed by atoms with Crippen molar-refractivity contribution < 1.29 is 9.53 Å². The second kappa shape index (κ2) is 5.57. The van der Waals surface area contributed by atoms with Crippen molar-refractivity contribution in [2.45, 2.75) is 39.2 Å². The molecule has 2 rings (SSSR count). The van der Waals surface area contributed by atoms with Crippen LogP contribution in [-0.4, -0.2) is 50.2 Å². The Kier molecular flexibility index (Phi) is 4.28. The standard InChI is InChI=1S/C14H26N2O2/c1-14(2,11-5-4-7-15-9-11)13(17)16(3)12-6-8-18-10-12/h11-12,15H,4-10H2,1-3H3. The summed E-state index contributed by atoms with van der Waals surface area (Å²) in [6.45, 7) is 7.73. The summed E-state index contributed by atoms with van der Waals surface area (Å²) in [4.78, 5) is 14.6. The van der Waals surface area contributed by atoms with Gasteiger partial charge in [-0.1, -0.05) is 13.8 Å². The number of carbonyl (C=O) groups excluding carboxylic acids is 1. The molecule has 0 spiro atoms. The average Bonchev–Trinajstić information content (AvgIpc) is 2.92. The summed E-state index contributed by atoms with van der Waals surface area (Å²) >= 11 is 0. The van der Waals surface area contributed by atoms with E-state index in [9.17, 15) is 4.79 Å². The molecule has 2 unspecified atom stereocenters. The van der Waals surface area contributed by atoms with E-state index in [4.69, 9.17) is 4.74 Å². The minimum Gasteiger partial charge on any atom is -0.379 e. The highest BCUT2D eigenvalue weighted by molar-refractivity contribution is 5.82. The van der Waals surface area contributed by atoms with Crippen molar-refractivity contribution >= 4 is 5.91 Å². The molecule has 104 valence electrons. The number of piperidine rings is 1. The van der Waals surface area contributed by atoms with Crippen molar-refractivity contribution in [3.05, 3.63) is 0 Å². The molecule has 0 saturated carbocycles. The van der Waals surface area contributed by atoms with Gasteiger partial charge in [0.25, 0.3) is 0 Å². The first-order chi connectivity index (χ1) is 8.53. The predicted octanol–water partition coefficient (Wildman–Crippen LogP) is 1.26. The van der Waals surface area contributed by atoms with Gasteiger partial charge in [0, 0.05) is 19.1 Å². The van der Waals surface area contributed by atoms with E-state index in [1.54, 1.807) is 0 Å². The molecule has 2 atom stereocenters. The molecule has 0 aromatic heterocycles. The van der Waals surface area contributed by atoms with Gasteiger partial charge in [-0.05, 0) is 38.3 Å². The molecule has 0 aromatic carbocycles. The molecule has 1 N–H and O–H groups in total. The molecule has 2 fully saturated rings. The van der Waals surface area contributed by atoms with Crippen LogP contribution in [0.15, 0.2) is 0 Å². The first kappa shape index (κ1) is 13.8. The number of rotatable bonds is 3. The minimum absolute atomic E-state index is 0.270. The lowest BCUT2D eigenvalue weighted by Gasteiger charge is -2.39. The maximum atomic E-state index is 12.7. The quantitative estimate of drug-likeness (QED) is 0.824. The van der Waals surface area contributed by atoms with Crippen molar-refractivity contribution in [3.63, 3.8) is 0 Å². The van der Waals surface area contributed by atoms with Crippen LogP contribution in [0.4, 0.5) is 0 Å². The van der Waals surface area contributed by atoms with Crippen LogP contribution in [0.5, 0.6) is 0 Å². The van der Waals surface area contributed by atoms with Gasteiger partial charge in [-0.15, -0.1) is 0 Å². The fraction of sp³-hybridized carbons (Fsp3) is 0.929. The molecular weight excluding hydrogens is 228 g/mol. The van der Waals surface area contributed by atoms with Crippen molar-refractivity contribution in [3.8, 4) is 0 Å². The summed E-state index contributed by atoms with van der Waals surface area (Å²) in [6.07, 6.45) is 3.31. The zero-order valence-electron chi connectivity index (χ0n) is 11.9. The third-order valence-electron chi connectivity index (χ3n) is 4.64. The Morgan fingerprint density at radius 2 is 2.17 bits per heavy atom. The van der Waals surface area contributed by atoms with E-state index in [2.05, 4.69) is 19.2 Å². The zero-order valence-corrected chi connectivity index (χ0v) is 11.9. The van der Waals surface area contributed by atoms with Gasteiger partial charge in [0.15, 0.2) is 0 Å². The van der Waals surface area contributed by atoms with Crippen molar-refractivity contribution in [1.29, 1.82) is 0 Å². The van der Waals surface area contributed by atoms with Crippen molar-refractivity contribution in [2.24, 2.45) is 11.3 Å². The van der Waals surface area contributed by atoms with Crippen LogP contribution in [0, 0.1) is 11.3 Å². The van der Waals surface area contributed by atoms with E-state index in [-0.39, 0.29) is 17.4 Å². The number of hydrogen-bond acceptors (Lipinski definition) is 3. The molecule has 2 saturated heterocycles. The van der Waals surface area contributed by atoms with Gasteiger partial charge in [-0.2, -0.15) is 0 Å². The summed E-state index contributed by atoms with van der Waals surface area (Å²) in [5.41, 5.74) is -0.273. The van der Waals surface area contributed by atoms with Gasteiger partial charge < -0.3 is 15.0 Å². The first-order valence-electron chi connectivity index (χ1n) is 7.09. The summed E-state index contributed by atoms with van der Waals surface area (Å²) in [7, 11) is 1.93. The fourth-order valence-corrected chi connectivity index (χ4v) is 3.09. The molecule has 0 bridgehead atoms. The van der Waals surface area contributed by atoms with E-state index in [0.717, 1.165) is 32.5 Å². The number of hydrogen-bond donors (Lipinski definition) is 1. The summed E-state index contributed by atoms with van der Waals surface area (Å²) in [5, 5.41) is 3.41. The minimum atomic E-state index is -0.273. The molecule has 1 amide bonds. The van der Waals surface area contributed by atoms with Gasteiger partial charge in [-0.25, -0.2) is 0 Å². The van der Waals surface area contributed by atoms with E-state index >= 15 is 0 Å². The zero-order chi connectivity index (χ0) is 13.2. The monoisotopic (exact) mass is 254 g/mol. The van der Waals surface area contributed by atoms with E-state index in [1.807, 2.05) is 11.9 Å². The van der Waals surface area contributed by atoms with E-state index in [1.165, 1.54) is 6.42 Å². The maximum Gasteiger partial charge on any atom is 0.228 e. The Balaban J connectivity index is 2.00. The van der Waals surface area contributed by atoms with E-state index < -0.39 is 0 Å². The maximum absolute atomic E-state index is 12.7. The van der Waals surface area contributed by atoms with Crippen LogP contribution in [0.2, 0.25) is 0 Å². The molecule has 0 aliphatic carbocycles. The summed E-state index contributed by atoms with van der Waals surface area (Å²) < 4.78 is 5.38. The normalized spacial score (nSPS) is 29.3. The Labute approximate surface area is 110 Å². The lowest BCUT2D eigenvalue weighted by Crippen LogP contribution is -2.50. The molecule has 18 heavy (non-hydrogen) atoms. The van der Waals surface area contributed by atoms with Crippen LogP contribution >= 0.6 is 0 Å². The van der Waals surface area contributed by atoms with Gasteiger partial charge in [0.05, 0.1) is 12.6 Å². The Hall–Kier alpha value is -0.610. The summed E-state index contributed by atoms with van der Waals surface area (Å²) in [6, 6.07) is 0.272. The van der Waals surface area contributed by atoms with E-state index in [0.29, 0.717) is 12.5 Å². The topological polar surface area (TPSA) is 41.6 Å². The number of likely N-dealkylation sites (N-methyl/N-ethyl adjacent to an activating group) is 1. The number of nitrogens with zero attached hydrogens (tertiary/aromatic N) is 1. The Morgan fingerprint density at radius 3 is 2.72 bits per heavy atom. The fourth-order valence-electron chi connectivity index (χ4n) is 3.09. The second-order valence-corrected chi connectivity index (χ2v) is 6.20. The highest BCUT2D eigenvalue weighted by Gasteiger charge is 2.40. The second-order valence-electron chi connectivity index (χ2n) is 6.20. The third-order valence-corrected chi connectivity index (χ3v) is 4.64. The first-order valence-corrected chi connectivity index (χ1v) is 7.09. The predicted molar refractivity (Wildman–Crippen MR) is 71.4 cm³/mol. The third kappa shape index (κ3) is 2.69. The van der Waals surface area contributed by atoms with Crippen molar-refractivity contribution in [2.75, 3.05) is 33.4 Å². The van der Waals surface area contributed by atoms with Crippen LogP contribution < -0.4 is 5.32 Å². The smallest absolute Gasteiger partial charge is 0.228 e. The lowest BCUT2D eigenvalue weighted by atomic mass is 9.74. The van der Waals surface area contributed by atoms with Gasteiger partial charge in [0.1, 0.15) is 0 Å². The van der Waals surface area contributed by atoms with Gasteiger partial charge >= 0.3 is 0 Å². The highest BCUT2D eigenvalue weighted by Crippen LogP contribution is 2.34. The molecule has 4 nitrogen and oxygen atoms in total. The Morgan fingerprint density at radius 1 is 1.39 bits per heavy atom. The lowest BCUT2D eigenvalue weighted by molar-refractivity contribution is -0.144. The average molecular weight is 254 g/mol. The number of amides is 1. The van der Waals surface area contributed by atoms with Crippen molar-refractivity contribution in [1.82, 2.24) is 10.2 Å². The molecular formula is C14H26N2O2. The van der Waals surface area contributed by atoms with Crippen LogP contribution in [0.25, 0.3) is 0 Å². The number of nitrogens with one attached hydrogen (secondary N) is 1. The SMILES string of the molecule is CN(C(=O)C(C)(C)C1CCCNC1)C1CCOC1. The van der Waals surface area contributed by atoms with Crippen LogP contribution in [0.3, 0.4) is 0 Å². The van der Waals surface area contributed by atoms with Crippen LogP contribution in [-0.2, 0) is 9.53 Å². The molecule has 0 radical (unpaired) electrons. The van der Waals surface area contributed by atoms with Gasteiger partial charge in [0.2, 0.25) is 5.91 Å². The Bertz CT molecular complexity index is 292. The van der Waals surface area contributed by atoms with Crippen LogP contribution in [0.1, 0.15) is 33.1 Å². The summed E-state index contributed by atoms with van der Waals surface area (Å²) in [5.74, 6) is 0.718. The molecule has 0 aromatic rings. The largest absolute Gasteiger partial charge is 0.379 e. The number of ether oxygens (including phenoxy) is 1. The highest BCUT2D eigenvalue weighted by atomic mass is 16.5. The number of carbonyl (C=O) groups is 1. The molecule has 2 aliphatic heterocycles. The molecule has 4 heteroatoms. The van der Waals surface area contributed by atoms with Gasteiger partial charge in [-0.3, -0.25) is 4.79 Å². The molecule has 2 aliphatic rings.